The molecule has 1 atom stereocenters. The van der Waals surface area contributed by atoms with Crippen molar-refractivity contribution in [2.45, 2.75) is 58.3 Å². The van der Waals surface area contributed by atoms with Gasteiger partial charge < -0.3 is 19.5 Å². The highest BCUT2D eigenvalue weighted by molar-refractivity contribution is 6.02. The summed E-state index contributed by atoms with van der Waals surface area (Å²) < 4.78 is 11.5. The van der Waals surface area contributed by atoms with Crippen LogP contribution in [0.5, 0.6) is 5.75 Å². The zero-order chi connectivity index (χ0) is 22.9. The van der Waals surface area contributed by atoms with Crippen molar-refractivity contribution >= 4 is 11.8 Å². The van der Waals surface area contributed by atoms with Crippen LogP contribution in [0.25, 0.3) is 0 Å². The largest absolute Gasteiger partial charge is 0.485 e. The van der Waals surface area contributed by atoms with E-state index >= 15 is 0 Å². The average molecular weight is 451 g/mol. The molecule has 0 spiro atoms. The lowest BCUT2D eigenvalue weighted by Gasteiger charge is -2.30. The molecular weight excluding hydrogens is 420 g/mol. The van der Waals surface area contributed by atoms with Gasteiger partial charge in [-0.15, -0.1) is 0 Å². The minimum absolute atomic E-state index is 0.138. The number of carbonyl (C=O) groups excluding carboxylic acids is 2. The summed E-state index contributed by atoms with van der Waals surface area (Å²) in [7, 11) is 0. The van der Waals surface area contributed by atoms with Gasteiger partial charge >= 0.3 is 0 Å². The summed E-state index contributed by atoms with van der Waals surface area (Å²) in [4.78, 5) is 29.5. The highest BCUT2D eigenvalue weighted by Crippen LogP contribution is 2.34. The Bertz CT molecular complexity index is 1070. The van der Waals surface area contributed by atoms with Crippen LogP contribution in [0.1, 0.15) is 60.0 Å². The number of hydrogen-bond donors (Lipinski definition) is 1. The molecule has 0 saturated carbocycles. The maximum Gasteiger partial charge on any atom is 0.255 e. The second-order valence-electron chi connectivity index (χ2n) is 9.39. The summed E-state index contributed by atoms with van der Waals surface area (Å²) >= 11 is 0. The van der Waals surface area contributed by atoms with Crippen LogP contribution >= 0.6 is 0 Å². The minimum atomic E-state index is -0.488. The highest BCUT2D eigenvalue weighted by Gasteiger charge is 2.39. The molecule has 5 rings (SSSR count). The normalized spacial score (nSPS) is 21.9. The zero-order valence-corrected chi connectivity index (χ0v) is 19.0. The van der Waals surface area contributed by atoms with Gasteiger partial charge in [-0.25, -0.2) is 0 Å². The molecule has 1 N–H and O–H groups in total. The summed E-state index contributed by atoms with van der Waals surface area (Å²) in [6, 6.07) is 6.90. The molecule has 1 aromatic carbocycles. The maximum atomic E-state index is 13.0. The second kappa shape index (κ2) is 9.02. The van der Waals surface area contributed by atoms with E-state index in [1.807, 2.05) is 18.2 Å². The monoisotopic (exact) mass is 450 g/mol. The molecular formula is C25H30N4O4. The highest BCUT2D eigenvalue weighted by atomic mass is 16.5. The molecule has 0 bridgehead atoms. The van der Waals surface area contributed by atoms with Gasteiger partial charge in [-0.3, -0.25) is 14.5 Å². The van der Waals surface area contributed by atoms with Crippen LogP contribution in [0.4, 0.5) is 0 Å². The number of benzene rings is 1. The molecule has 8 nitrogen and oxygen atoms in total. The predicted molar refractivity (Wildman–Crippen MR) is 121 cm³/mol. The van der Waals surface area contributed by atoms with Gasteiger partial charge in [0.25, 0.3) is 5.91 Å². The first-order valence-corrected chi connectivity index (χ1v) is 11.7. The number of nitrogens with zero attached hydrogens (tertiary/aromatic N) is 3. The van der Waals surface area contributed by atoms with Crippen molar-refractivity contribution < 1.29 is 18.8 Å². The number of amides is 2. The first-order chi connectivity index (χ1) is 16.0. The van der Waals surface area contributed by atoms with Crippen molar-refractivity contribution in [3.63, 3.8) is 0 Å². The summed E-state index contributed by atoms with van der Waals surface area (Å²) in [5, 5.41) is 6.97. The smallest absolute Gasteiger partial charge is 0.255 e. The summed E-state index contributed by atoms with van der Waals surface area (Å²) in [5.74, 6) is 1.77. The zero-order valence-electron chi connectivity index (χ0n) is 19.0. The summed E-state index contributed by atoms with van der Waals surface area (Å²) in [5.41, 5.74) is 3.00. The first-order valence-electron chi connectivity index (χ1n) is 11.7. The van der Waals surface area contributed by atoms with Crippen molar-refractivity contribution in [2.24, 2.45) is 5.92 Å². The van der Waals surface area contributed by atoms with E-state index < -0.39 is 6.04 Å². The predicted octanol–water partition coefficient (Wildman–Crippen LogP) is 3.23. The van der Waals surface area contributed by atoms with Gasteiger partial charge in [0, 0.05) is 29.4 Å². The molecule has 2 saturated heterocycles. The van der Waals surface area contributed by atoms with Crippen molar-refractivity contribution in [1.82, 2.24) is 20.3 Å². The third kappa shape index (κ3) is 4.53. The van der Waals surface area contributed by atoms with E-state index in [-0.39, 0.29) is 18.4 Å². The molecule has 8 heteroatoms. The molecule has 33 heavy (non-hydrogen) atoms. The van der Waals surface area contributed by atoms with Gasteiger partial charge in [-0.05, 0) is 56.8 Å². The molecule has 4 heterocycles. The van der Waals surface area contributed by atoms with Gasteiger partial charge in [0.15, 0.2) is 5.76 Å². The number of allylic oxidation sites excluding steroid dienone is 1. The summed E-state index contributed by atoms with van der Waals surface area (Å²) in [6.07, 6.45) is 3.70. The molecule has 1 unspecified atom stereocenters. The van der Waals surface area contributed by atoms with E-state index in [4.69, 9.17) is 9.26 Å². The number of aromatic nitrogens is 1. The van der Waals surface area contributed by atoms with Gasteiger partial charge in [-0.2, -0.15) is 0 Å². The number of fused-ring (bicyclic) bond motifs is 1. The topological polar surface area (TPSA) is 87.9 Å². The van der Waals surface area contributed by atoms with Crippen LogP contribution < -0.4 is 10.1 Å². The summed E-state index contributed by atoms with van der Waals surface area (Å²) in [6.45, 7) is 9.67. The number of carbonyl (C=O) groups is 2. The lowest BCUT2D eigenvalue weighted by Crippen LogP contribution is -2.49. The van der Waals surface area contributed by atoms with Crippen LogP contribution in [0.2, 0.25) is 0 Å². The van der Waals surface area contributed by atoms with Crippen molar-refractivity contribution in [1.29, 1.82) is 0 Å². The van der Waals surface area contributed by atoms with Crippen LogP contribution in [0, 0.1) is 5.92 Å². The molecule has 2 amide bonds. The van der Waals surface area contributed by atoms with Gasteiger partial charge in [0.05, 0.1) is 12.2 Å². The average Bonchev–Trinajstić information content (AvgIpc) is 3.38. The standard InChI is InChI=1S/C25H30N4O4/c1-16-8-10-28(11-9-16)13-18-12-19(33-27-18)15-32-23-5-3-4-20-21(23)14-29(25(20)31)22-7-6-17(2)26-24(22)30/h3-5,12,16,22H,2,6-11,13-15H2,1H3,(H,26,30). The number of piperidine rings is 2. The fourth-order valence-electron chi connectivity index (χ4n) is 4.87. The fraction of sp³-hybridized carbons (Fsp3) is 0.480. The molecule has 2 aromatic rings. The quantitative estimate of drug-likeness (QED) is 0.727. The fourth-order valence-corrected chi connectivity index (χ4v) is 4.87. The van der Waals surface area contributed by atoms with Gasteiger partial charge in [0.2, 0.25) is 5.91 Å². The Morgan fingerprint density at radius 3 is 2.85 bits per heavy atom. The van der Waals surface area contributed by atoms with E-state index in [1.165, 1.54) is 12.8 Å². The van der Waals surface area contributed by atoms with Crippen LogP contribution in [0.15, 0.2) is 41.1 Å². The minimum Gasteiger partial charge on any atom is -0.485 e. The molecule has 3 aliphatic heterocycles. The Kier molecular flexibility index (Phi) is 5.93. The number of ether oxygens (including phenoxy) is 1. The van der Waals surface area contributed by atoms with Crippen LogP contribution in [-0.2, 0) is 24.5 Å². The Labute approximate surface area is 193 Å². The van der Waals surface area contributed by atoms with Crippen molar-refractivity contribution in [3.8, 4) is 5.75 Å². The first kappa shape index (κ1) is 21.7. The lowest BCUT2D eigenvalue weighted by atomic mass is 9.99. The number of nitrogens with one attached hydrogen (secondary N) is 1. The van der Waals surface area contributed by atoms with Crippen LogP contribution in [0.3, 0.4) is 0 Å². The van der Waals surface area contributed by atoms with Crippen molar-refractivity contribution in [2.75, 3.05) is 13.1 Å². The Balaban J connectivity index is 1.22. The third-order valence-corrected chi connectivity index (χ3v) is 6.89. The number of likely N-dealkylation sites (tertiary alicyclic amines) is 1. The number of rotatable bonds is 6. The van der Waals surface area contributed by atoms with E-state index in [1.54, 1.807) is 11.0 Å². The third-order valence-electron chi connectivity index (χ3n) is 6.89. The van der Waals surface area contributed by atoms with Gasteiger partial charge in [-0.1, -0.05) is 24.7 Å². The second-order valence-corrected chi connectivity index (χ2v) is 9.39. The Morgan fingerprint density at radius 2 is 2.06 bits per heavy atom. The van der Waals surface area contributed by atoms with E-state index in [2.05, 4.69) is 28.9 Å². The molecule has 2 fully saturated rings. The van der Waals surface area contributed by atoms with E-state index in [0.29, 0.717) is 42.2 Å². The lowest BCUT2D eigenvalue weighted by molar-refractivity contribution is -0.126. The van der Waals surface area contributed by atoms with Crippen molar-refractivity contribution in [3.05, 3.63) is 59.1 Å². The molecule has 174 valence electrons. The van der Waals surface area contributed by atoms with E-state index in [0.717, 1.165) is 36.8 Å². The molecule has 0 aliphatic carbocycles. The van der Waals surface area contributed by atoms with E-state index in [9.17, 15) is 9.59 Å². The SMILES string of the molecule is C=C1CCC(N2Cc3c(OCc4cc(CN5CCC(C)CC5)no4)cccc3C2=O)C(=O)N1. The number of hydrogen-bond acceptors (Lipinski definition) is 6. The maximum absolute atomic E-state index is 13.0. The van der Waals surface area contributed by atoms with Gasteiger partial charge in [0.1, 0.15) is 18.4 Å². The Hall–Kier alpha value is -3.13. The van der Waals surface area contributed by atoms with Crippen LogP contribution in [-0.4, -0.2) is 45.9 Å². The molecule has 3 aliphatic rings. The molecule has 0 radical (unpaired) electrons. The Morgan fingerprint density at radius 1 is 1.24 bits per heavy atom. The molecule has 1 aromatic heterocycles.